The van der Waals surface area contributed by atoms with Crippen LogP contribution in [0, 0.1) is 0 Å². The summed E-state index contributed by atoms with van der Waals surface area (Å²) in [5, 5.41) is 2.79. The molecule has 0 atom stereocenters. The molecule has 0 radical (unpaired) electrons. The first kappa shape index (κ1) is 18.0. The molecule has 0 aliphatic carbocycles. The van der Waals surface area contributed by atoms with Crippen LogP contribution >= 0.6 is 0 Å². The summed E-state index contributed by atoms with van der Waals surface area (Å²) >= 11 is 0. The van der Waals surface area contributed by atoms with Gasteiger partial charge in [-0.05, 0) is 30.7 Å². The molecule has 0 aromatic heterocycles. The monoisotopic (exact) mass is 346 g/mol. The Kier molecular flexibility index (Phi) is 5.98. The highest BCUT2D eigenvalue weighted by atomic mass is 32.2. The van der Waals surface area contributed by atoms with Gasteiger partial charge in [-0.15, -0.1) is 0 Å². The number of nitrogens with zero attached hydrogens (tertiary/aromatic N) is 1. The van der Waals surface area contributed by atoms with Crippen molar-refractivity contribution in [1.82, 2.24) is 5.32 Å². The molecule has 0 aliphatic rings. The maximum absolute atomic E-state index is 12.2. The van der Waals surface area contributed by atoms with Crippen LogP contribution in [0.5, 0.6) is 0 Å². The topological polar surface area (TPSA) is 66.5 Å². The van der Waals surface area contributed by atoms with E-state index in [0.717, 1.165) is 24.9 Å². The number of benzene rings is 2. The van der Waals surface area contributed by atoms with Crippen molar-refractivity contribution in [2.45, 2.75) is 11.3 Å². The highest BCUT2D eigenvalue weighted by Gasteiger charge is 2.17. The normalized spacial score (nSPS) is 11.1. The summed E-state index contributed by atoms with van der Waals surface area (Å²) < 4.78 is 23.5. The number of amides is 1. The SMILES string of the molecule is CN(CCCNC(=O)c1ccccc1S(C)(=O)=O)c1ccccc1. The van der Waals surface area contributed by atoms with Crippen molar-refractivity contribution in [3.8, 4) is 0 Å². The Morgan fingerprint density at radius 1 is 1.04 bits per heavy atom. The molecule has 0 aliphatic heterocycles. The summed E-state index contributed by atoms with van der Waals surface area (Å²) in [5.74, 6) is -0.363. The van der Waals surface area contributed by atoms with Gasteiger partial charge in [-0.1, -0.05) is 30.3 Å². The minimum Gasteiger partial charge on any atom is -0.375 e. The van der Waals surface area contributed by atoms with Crippen molar-refractivity contribution in [1.29, 1.82) is 0 Å². The van der Waals surface area contributed by atoms with Gasteiger partial charge in [0, 0.05) is 32.1 Å². The fraction of sp³-hybridized carbons (Fsp3) is 0.278. The third-order valence-corrected chi connectivity index (χ3v) is 4.84. The molecule has 2 aromatic carbocycles. The fourth-order valence-corrected chi connectivity index (χ4v) is 3.29. The molecular weight excluding hydrogens is 324 g/mol. The molecule has 2 aromatic rings. The van der Waals surface area contributed by atoms with Gasteiger partial charge < -0.3 is 10.2 Å². The van der Waals surface area contributed by atoms with E-state index < -0.39 is 9.84 Å². The molecule has 0 heterocycles. The van der Waals surface area contributed by atoms with Crippen molar-refractivity contribution in [3.05, 3.63) is 60.2 Å². The van der Waals surface area contributed by atoms with Crippen molar-refractivity contribution >= 4 is 21.4 Å². The van der Waals surface area contributed by atoms with Crippen LogP contribution in [0.15, 0.2) is 59.5 Å². The Hall–Kier alpha value is -2.34. The molecular formula is C18H22N2O3S. The van der Waals surface area contributed by atoms with Gasteiger partial charge in [0.2, 0.25) is 0 Å². The van der Waals surface area contributed by atoms with E-state index in [-0.39, 0.29) is 16.4 Å². The van der Waals surface area contributed by atoms with Gasteiger partial charge in [-0.2, -0.15) is 0 Å². The lowest BCUT2D eigenvalue weighted by Crippen LogP contribution is -2.29. The van der Waals surface area contributed by atoms with Crippen molar-refractivity contribution in [2.24, 2.45) is 0 Å². The second kappa shape index (κ2) is 7.97. The number of hydrogen-bond donors (Lipinski definition) is 1. The minimum absolute atomic E-state index is 0.0592. The van der Waals surface area contributed by atoms with E-state index in [0.29, 0.717) is 6.54 Å². The molecule has 1 amide bonds. The van der Waals surface area contributed by atoms with Crippen LogP contribution in [-0.2, 0) is 9.84 Å². The summed E-state index contributed by atoms with van der Waals surface area (Å²) in [6.45, 7) is 1.27. The van der Waals surface area contributed by atoms with E-state index in [9.17, 15) is 13.2 Å². The van der Waals surface area contributed by atoms with Crippen molar-refractivity contribution in [2.75, 3.05) is 31.3 Å². The minimum atomic E-state index is -3.43. The fourth-order valence-electron chi connectivity index (χ4n) is 2.40. The summed E-state index contributed by atoms with van der Waals surface area (Å²) in [6, 6.07) is 16.2. The number of carbonyl (C=O) groups is 1. The van der Waals surface area contributed by atoms with Gasteiger partial charge in [0.1, 0.15) is 0 Å². The zero-order valence-electron chi connectivity index (χ0n) is 13.9. The van der Waals surface area contributed by atoms with E-state index >= 15 is 0 Å². The molecule has 0 bridgehead atoms. The van der Waals surface area contributed by atoms with Gasteiger partial charge >= 0.3 is 0 Å². The van der Waals surface area contributed by atoms with Gasteiger partial charge in [-0.25, -0.2) is 8.42 Å². The average Bonchev–Trinajstić information content (AvgIpc) is 2.58. The zero-order valence-corrected chi connectivity index (χ0v) is 14.7. The standard InChI is InChI=1S/C18H22N2O3S/c1-20(15-9-4-3-5-10-15)14-8-13-19-18(21)16-11-6-7-12-17(16)24(2,22)23/h3-7,9-12H,8,13-14H2,1-2H3,(H,19,21). The predicted octanol–water partition coefficient (Wildman–Crippen LogP) is 2.35. The van der Waals surface area contributed by atoms with Gasteiger partial charge in [0.15, 0.2) is 9.84 Å². The molecule has 1 N–H and O–H groups in total. The zero-order chi connectivity index (χ0) is 17.6. The third-order valence-electron chi connectivity index (χ3n) is 3.68. The van der Waals surface area contributed by atoms with Crippen molar-refractivity contribution < 1.29 is 13.2 Å². The van der Waals surface area contributed by atoms with E-state index in [1.807, 2.05) is 37.4 Å². The number of nitrogens with one attached hydrogen (secondary N) is 1. The Labute approximate surface area is 143 Å². The summed E-state index contributed by atoms with van der Waals surface area (Å²) in [5.41, 5.74) is 1.31. The first-order valence-corrected chi connectivity index (χ1v) is 9.62. The summed E-state index contributed by atoms with van der Waals surface area (Å²) in [6.07, 6.45) is 1.87. The van der Waals surface area contributed by atoms with E-state index in [4.69, 9.17) is 0 Å². The predicted molar refractivity (Wildman–Crippen MR) is 96.2 cm³/mol. The molecule has 0 spiro atoms. The molecule has 24 heavy (non-hydrogen) atoms. The Morgan fingerprint density at radius 3 is 2.33 bits per heavy atom. The van der Waals surface area contributed by atoms with Crippen LogP contribution < -0.4 is 10.2 Å². The highest BCUT2D eigenvalue weighted by molar-refractivity contribution is 7.90. The van der Waals surface area contributed by atoms with Crippen LogP contribution in [0.1, 0.15) is 16.8 Å². The number of rotatable bonds is 7. The third kappa shape index (κ3) is 4.83. The molecule has 2 rings (SSSR count). The number of para-hydroxylation sites is 1. The first-order chi connectivity index (χ1) is 11.4. The molecule has 0 saturated carbocycles. The van der Waals surface area contributed by atoms with Gasteiger partial charge in [0.25, 0.3) is 5.91 Å². The number of carbonyl (C=O) groups excluding carboxylic acids is 1. The highest BCUT2D eigenvalue weighted by Crippen LogP contribution is 2.15. The van der Waals surface area contributed by atoms with Crippen LogP contribution in [0.4, 0.5) is 5.69 Å². The Balaban J connectivity index is 1.89. The average molecular weight is 346 g/mol. The second-order valence-corrected chi connectivity index (χ2v) is 7.62. The van der Waals surface area contributed by atoms with Crippen molar-refractivity contribution in [3.63, 3.8) is 0 Å². The maximum Gasteiger partial charge on any atom is 0.252 e. The van der Waals surface area contributed by atoms with E-state index in [2.05, 4.69) is 10.2 Å². The lowest BCUT2D eigenvalue weighted by molar-refractivity contribution is 0.0950. The molecule has 0 saturated heterocycles. The molecule has 0 fully saturated rings. The Bertz CT molecular complexity index is 789. The summed E-state index contributed by atoms with van der Waals surface area (Å²) in [7, 11) is -1.43. The van der Waals surface area contributed by atoms with E-state index in [1.54, 1.807) is 12.1 Å². The van der Waals surface area contributed by atoms with E-state index in [1.165, 1.54) is 12.1 Å². The lowest BCUT2D eigenvalue weighted by atomic mass is 10.2. The largest absolute Gasteiger partial charge is 0.375 e. The number of hydrogen-bond acceptors (Lipinski definition) is 4. The number of anilines is 1. The van der Waals surface area contributed by atoms with Crippen LogP contribution in [0.2, 0.25) is 0 Å². The molecule has 0 unspecified atom stereocenters. The lowest BCUT2D eigenvalue weighted by Gasteiger charge is -2.19. The smallest absolute Gasteiger partial charge is 0.252 e. The molecule has 5 nitrogen and oxygen atoms in total. The van der Waals surface area contributed by atoms with Crippen LogP contribution in [0.25, 0.3) is 0 Å². The molecule has 128 valence electrons. The van der Waals surface area contributed by atoms with Crippen LogP contribution in [0.3, 0.4) is 0 Å². The molecule has 6 heteroatoms. The summed E-state index contributed by atoms with van der Waals surface area (Å²) in [4.78, 5) is 14.4. The van der Waals surface area contributed by atoms with Gasteiger partial charge in [-0.3, -0.25) is 4.79 Å². The number of sulfone groups is 1. The maximum atomic E-state index is 12.2. The van der Waals surface area contributed by atoms with Gasteiger partial charge in [0.05, 0.1) is 10.5 Å². The quantitative estimate of drug-likeness (QED) is 0.782. The van der Waals surface area contributed by atoms with Crippen LogP contribution in [-0.4, -0.2) is 40.7 Å². The first-order valence-electron chi connectivity index (χ1n) is 7.73. The second-order valence-electron chi connectivity index (χ2n) is 5.63. The Morgan fingerprint density at radius 2 is 1.67 bits per heavy atom.